The third kappa shape index (κ3) is 4.95. The highest BCUT2D eigenvalue weighted by Crippen LogP contribution is 2.38. The van der Waals surface area contributed by atoms with Crippen molar-refractivity contribution in [3.05, 3.63) is 42.5 Å². The molecule has 0 saturated heterocycles. The second kappa shape index (κ2) is 8.01. The molecule has 1 atom stereocenters. The van der Waals surface area contributed by atoms with Crippen LogP contribution < -0.4 is 4.74 Å². The first-order valence-corrected chi connectivity index (χ1v) is 7.93. The fourth-order valence-corrected chi connectivity index (χ4v) is 2.78. The minimum atomic E-state index is -4.26. The summed E-state index contributed by atoms with van der Waals surface area (Å²) in [6, 6.07) is 9.17. The molecule has 0 radical (unpaired) electrons. The van der Waals surface area contributed by atoms with Crippen LogP contribution in [-0.4, -0.2) is 27.5 Å². The summed E-state index contributed by atoms with van der Waals surface area (Å²) < 4.78 is 44.8. The van der Waals surface area contributed by atoms with Crippen LogP contribution in [0.15, 0.2) is 36.9 Å². The fraction of sp³-hybridized carbons (Fsp3) is 0.471. The van der Waals surface area contributed by atoms with Crippen LogP contribution in [0.5, 0.6) is 5.75 Å². The van der Waals surface area contributed by atoms with Gasteiger partial charge in [0.2, 0.25) is 0 Å². The molecule has 1 unspecified atom stereocenters. The molecule has 0 aliphatic carbocycles. The molecule has 2 rings (SSSR count). The highest BCUT2D eigenvalue weighted by Gasteiger charge is 2.37. The molecule has 8 heteroatoms. The molecule has 5 nitrogen and oxygen atoms in total. The first kappa shape index (κ1) is 18.8. The average Bonchev–Trinajstić information content (AvgIpc) is 3.06. The van der Waals surface area contributed by atoms with Gasteiger partial charge in [-0.3, -0.25) is 4.68 Å². The molecule has 2 aromatic rings. The Hall–Kier alpha value is -2.56. The standard InChI is InChI=1S/C17H19F3N4O/c1-2-25-15-7-4-3-6-14(15)16(10-21,8-5-9-17(18,19)20)11-24-13-22-12-23-24/h3-4,6-7,12-13H,2,5,8-9,11H2,1H3. The Bertz CT molecular complexity index is 709. The summed E-state index contributed by atoms with van der Waals surface area (Å²) >= 11 is 0. The summed E-state index contributed by atoms with van der Waals surface area (Å²) in [6.45, 7) is 2.31. The zero-order valence-electron chi connectivity index (χ0n) is 13.8. The Morgan fingerprint density at radius 2 is 2.00 bits per heavy atom. The van der Waals surface area contributed by atoms with E-state index in [-0.39, 0.29) is 19.4 Å². The van der Waals surface area contributed by atoms with Crippen molar-refractivity contribution in [2.24, 2.45) is 0 Å². The molecule has 1 heterocycles. The van der Waals surface area contributed by atoms with Crippen LogP contribution in [0.4, 0.5) is 13.2 Å². The smallest absolute Gasteiger partial charge is 0.389 e. The van der Waals surface area contributed by atoms with Crippen molar-refractivity contribution in [2.75, 3.05) is 6.61 Å². The topological polar surface area (TPSA) is 63.7 Å². The van der Waals surface area contributed by atoms with E-state index < -0.39 is 18.0 Å². The molecule has 1 aromatic heterocycles. The maximum absolute atomic E-state index is 12.6. The third-order valence-electron chi connectivity index (χ3n) is 3.88. The van der Waals surface area contributed by atoms with Crippen molar-refractivity contribution in [3.63, 3.8) is 0 Å². The second-order valence-corrected chi connectivity index (χ2v) is 5.68. The number of halogens is 3. The lowest BCUT2D eigenvalue weighted by Crippen LogP contribution is -2.31. The number of nitrogens with zero attached hydrogens (tertiary/aromatic N) is 4. The van der Waals surface area contributed by atoms with E-state index >= 15 is 0 Å². The van der Waals surface area contributed by atoms with E-state index in [9.17, 15) is 18.4 Å². The lowest BCUT2D eigenvalue weighted by atomic mass is 9.77. The molecule has 0 saturated carbocycles. The van der Waals surface area contributed by atoms with E-state index in [1.165, 1.54) is 17.3 Å². The van der Waals surface area contributed by atoms with Crippen molar-refractivity contribution in [1.29, 1.82) is 5.26 Å². The molecular formula is C17H19F3N4O. The number of aromatic nitrogens is 3. The van der Waals surface area contributed by atoms with Crippen LogP contribution in [0.2, 0.25) is 0 Å². The van der Waals surface area contributed by atoms with Crippen LogP contribution in [0.3, 0.4) is 0 Å². The normalized spacial score (nSPS) is 13.9. The van der Waals surface area contributed by atoms with Gasteiger partial charge >= 0.3 is 6.18 Å². The fourth-order valence-electron chi connectivity index (χ4n) is 2.78. The Labute approximate surface area is 144 Å². The van der Waals surface area contributed by atoms with Crippen molar-refractivity contribution in [1.82, 2.24) is 14.8 Å². The monoisotopic (exact) mass is 352 g/mol. The summed E-state index contributed by atoms with van der Waals surface area (Å²) in [5.41, 5.74) is -0.623. The number of hydrogen-bond acceptors (Lipinski definition) is 4. The van der Waals surface area contributed by atoms with Crippen LogP contribution in [0, 0.1) is 11.3 Å². The molecule has 0 amide bonds. The van der Waals surface area contributed by atoms with Gasteiger partial charge in [-0.1, -0.05) is 18.2 Å². The van der Waals surface area contributed by atoms with E-state index in [1.54, 1.807) is 24.3 Å². The van der Waals surface area contributed by atoms with Gasteiger partial charge in [-0.2, -0.15) is 23.5 Å². The lowest BCUT2D eigenvalue weighted by molar-refractivity contribution is -0.136. The molecule has 25 heavy (non-hydrogen) atoms. The molecule has 0 bridgehead atoms. The Morgan fingerprint density at radius 3 is 2.60 bits per heavy atom. The number of benzene rings is 1. The first-order valence-electron chi connectivity index (χ1n) is 7.93. The van der Waals surface area contributed by atoms with Crippen LogP contribution in [-0.2, 0) is 12.0 Å². The number of nitriles is 1. The number of rotatable bonds is 8. The minimum Gasteiger partial charge on any atom is -0.494 e. The highest BCUT2D eigenvalue weighted by atomic mass is 19.4. The van der Waals surface area contributed by atoms with Gasteiger partial charge in [0, 0.05) is 12.0 Å². The molecule has 0 aliphatic heterocycles. The van der Waals surface area contributed by atoms with Gasteiger partial charge in [0.1, 0.15) is 23.8 Å². The quantitative estimate of drug-likeness (QED) is 0.723. The molecular weight excluding hydrogens is 333 g/mol. The summed E-state index contributed by atoms with van der Waals surface area (Å²) in [7, 11) is 0. The van der Waals surface area contributed by atoms with E-state index in [0.29, 0.717) is 17.9 Å². The van der Waals surface area contributed by atoms with Gasteiger partial charge in [0.05, 0.1) is 19.2 Å². The molecule has 1 aromatic carbocycles. The SMILES string of the molecule is CCOc1ccccc1C(C#N)(CCCC(F)(F)F)Cn1cncn1. The zero-order chi connectivity index (χ0) is 18.3. The Kier molecular flexibility index (Phi) is 6.02. The zero-order valence-corrected chi connectivity index (χ0v) is 13.8. The summed E-state index contributed by atoms with van der Waals surface area (Å²) in [5, 5.41) is 13.9. The van der Waals surface area contributed by atoms with Crippen molar-refractivity contribution in [2.45, 2.75) is 44.3 Å². The first-order chi connectivity index (χ1) is 11.9. The Balaban J connectivity index is 2.38. The molecule has 0 N–H and O–H groups in total. The van der Waals surface area contributed by atoms with E-state index in [1.807, 2.05) is 6.92 Å². The van der Waals surface area contributed by atoms with E-state index in [2.05, 4.69) is 16.2 Å². The largest absolute Gasteiger partial charge is 0.494 e. The van der Waals surface area contributed by atoms with Crippen molar-refractivity contribution >= 4 is 0 Å². The Morgan fingerprint density at radius 1 is 1.24 bits per heavy atom. The molecule has 0 spiro atoms. The van der Waals surface area contributed by atoms with Crippen LogP contribution in [0.25, 0.3) is 0 Å². The minimum absolute atomic E-state index is 0.0347. The maximum atomic E-state index is 12.6. The summed E-state index contributed by atoms with van der Waals surface area (Å²) in [4.78, 5) is 3.84. The van der Waals surface area contributed by atoms with Gasteiger partial charge in [-0.15, -0.1) is 0 Å². The van der Waals surface area contributed by atoms with Gasteiger partial charge < -0.3 is 4.74 Å². The highest BCUT2D eigenvalue weighted by molar-refractivity contribution is 5.43. The lowest BCUT2D eigenvalue weighted by Gasteiger charge is -2.29. The average molecular weight is 352 g/mol. The molecule has 0 aliphatic rings. The number of hydrogen-bond donors (Lipinski definition) is 0. The van der Waals surface area contributed by atoms with Gasteiger partial charge in [-0.25, -0.2) is 4.98 Å². The van der Waals surface area contributed by atoms with Crippen molar-refractivity contribution in [3.8, 4) is 11.8 Å². The summed E-state index contributed by atoms with van der Waals surface area (Å²) in [5.74, 6) is 0.499. The van der Waals surface area contributed by atoms with E-state index in [4.69, 9.17) is 4.74 Å². The van der Waals surface area contributed by atoms with E-state index in [0.717, 1.165) is 0 Å². The van der Waals surface area contributed by atoms with Crippen LogP contribution >= 0.6 is 0 Å². The predicted octanol–water partition coefficient (Wildman–Crippen LogP) is 3.87. The predicted molar refractivity (Wildman–Crippen MR) is 84.8 cm³/mol. The van der Waals surface area contributed by atoms with Crippen molar-refractivity contribution < 1.29 is 17.9 Å². The number of para-hydroxylation sites is 1. The number of ether oxygens (including phenoxy) is 1. The maximum Gasteiger partial charge on any atom is 0.389 e. The second-order valence-electron chi connectivity index (χ2n) is 5.68. The van der Waals surface area contributed by atoms with Gasteiger partial charge in [-0.05, 0) is 25.8 Å². The van der Waals surface area contributed by atoms with Gasteiger partial charge in [0.25, 0.3) is 0 Å². The molecule has 134 valence electrons. The van der Waals surface area contributed by atoms with Gasteiger partial charge in [0.15, 0.2) is 0 Å². The van der Waals surface area contributed by atoms with Crippen LogP contribution in [0.1, 0.15) is 31.7 Å². The third-order valence-corrected chi connectivity index (χ3v) is 3.88. The summed E-state index contributed by atoms with van der Waals surface area (Å²) in [6.07, 6.45) is -2.55. The molecule has 0 fully saturated rings. The number of alkyl halides is 3.